The van der Waals surface area contributed by atoms with Gasteiger partial charge in [0.2, 0.25) is 5.91 Å². The van der Waals surface area contributed by atoms with Crippen LogP contribution in [0.5, 0.6) is 5.75 Å². The van der Waals surface area contributed by atoms with Gasteiger partial charge in [0.05, 0.1) is 12.8 Å². The lowest BCUT2D eigenvalue weighted by Crippen LogP contribution is -2.14. The lowest BCUT2D eigenvalue weighted by atomic mass is 10.2. The molecule has 1 aromatic heterocycles. The van der Waals surface area contributed by atoms with E-state index in [4.69, 9.17) is 16.3 Å². The zero-order chi connectivity index (χ0) is 16.2. The van der Waals surface area contributed by atoms with E-state index < -0.39 is 0 Å². The number of anilines is 1. The molecule has 4 nitrogen and oxygen atoms in total. The zero-order valence-electron chi connectivity index (χ0n) is 12.8. The first-order valence-corrected chi connectivity index (χ1v) is 7.72. The topological polar surface area (TPSA) is 43.3 Å². The summed E-state index contributed by atoms with van der Waals surface area (Å²) >= 11 is 5.97. The Morgan fingerprint density at radius 1 is 1.22 bits per heavy atom. The van der Waals surface area contributed by atoms with Gasteiger partial charge in [-0.2, -0.15) is 0 Å². The molecule has 0 radical (unpaired) electrons. The number of fused-ring (bicyclic) bond motifs is 1. The van der Waals surface area contributed by atoms with E-state index in [1.807, 2.05) is 30.5 Å². The molecule has 0 unspecified atom stereocenters. The van der Waals surface area contributed by atoms with Crippen LogP contribution < -0.4 is 10.1 Å². The SMILES string of the molecule is COc1ccc(Cl)cc1NC(=O)CCn1ccc2ccccc21. The van der Waals surface area contributed by atoms with Crippen LogP contribution >= 0.6 is 11.6 Å². The van der Waals surface area contributed by atoms with Crippen molar-refractivity contribution in [2.75, 3.05) is 12.4 Å². The van der Waals surface area contributed by atoms with Crippen molar-refractivity contribution < 1.29 is 9.53 Å². The number of hydrogen-bond acceptors (Lipinski definition) is 2. The summed E-state index contributed by atoms with van der Waals surface area (Å²) in [6.45, 7) is 0.613. The van der Waals surface area contributed by atoms with Gasteiger partial charge in [-0.25, -0.2) is 0 Å². The fourth-order valence-electron chi connectivity index (χ4n) is 2.55. The first-order valence-electron chi connectivity index (χ1n) is 7.34. The average molecular weight is 329 g/mol. The van der Waals surface area contributed by atoms with E-state index in [2.05, 4.69) is 16.0 Å². The standard InChI is InChI=1S/C18H17ClN2O2/c1-23-17-7-6-14(19)12-15(17)20-18(22)9-11-21-10-8-13-4-2-3-5-16(13)21/h2-8,10,12H,9,11H2,1H3,(H,20,22). The zero-order valence-corrected chi connectivity index (χ0v) is 13.5. The molecule has 0 atom stereocenters. The number of methoxy groups -OCH3 is 1. The summed E-state index contributed by atoms with van der Waals surface area (Å²) in [7, 11) is 1.56. The quantitative estimate of drug-likeness (QED) is 0.757. The van der Waals surface area contributed by atoms with Crippen LogP contribution in [0, 0.1) is 0 Å². The van der Waals surface area contributed by atoms with E-state index in [0.717, 1.165) is 5.52 Å². The summed E-state index contributed by atoms with van der Waals surface area (Å²) in [6, 6.07) is 15.3. The van der Waals surface area contributed by atoms with Crippen LogP contribution in [0.4, 0.5) is 5.69 Å². The second kappa shape index (κ2) is 6.75. The van der Waals surface area contributed by atoms with Gasteiger partial charge in [0.25, 0.3) is 0 Å². The number of ether oxygens (including phenoxy) is 1. The van der Waals surface area contributed by atoms with Crippen LogP contribution in [-0.4, -0.2) is 17.6 Å². The van der Waals surface area contributed by atoms with Gasteiger partial charge in [-0.3, -0.25) is 4.79 Å². The molecular formula is C18H17ClN2O2. The summed E-state index contributed by atoms with van der Waals surface area (Å²) in [5, 5.41) is 4.58. The van der Waals surface area contributed by atoms with Crippen molar-refractivity contribution in [3.8, 4) is 5.75 Å². The normalized spacial score (nSPS) is 10.7. The third kappa shape index (κ3) is 3.48. The first kappa shape index (κ1) is 15.4. The average Bonchev–Trinajstić information content (AvgIpc) is 2.96. The molecule has 1 amide bonds. The molecular weight excluding hydrogens is 312 g/mol. The summed E-state index contributed by atoms with van der Waals surface area (Å²) < 4.78 is 7.30. The molecule has 0 aliphatic rings. The van der Waals surface area contributed by atoms with Gasteiger partial charge >= 0.3 is 0 Å². The number of benzene rings is 2. The largest absolute Gasteiger partial charge is 0.495 e. The number of rotatable bonds is 5. The van der Waals surface area contributed by atoms with Crippen molar-refractivity contribution in [2.45, 2.75) is 13.0 Å². The molecule has 0 aliphatic carbocycles. The van der Waals surface area contributed by atoms with E-state index in [0.29, 0.717) is 29.4 Å². The minimum Gasteiger partial charge on any atom is -0.495 e. The van der Waals surface area contributed by atoms with Crippen molar-refractivity contribution in [1.29, 1.82) is 0 Å². The Bertz CT molecular complexity index is 842. The summed E-state index contributed by atoms with van der Waals surface area (Å²) in [6.07, 6.45) is 2.37. The van der Waals surface area contributed by atoms with Crippen molar-refractivity contribution in [3.05, 3.63) is 59.8 Å². The number of amides is 1. The number of nitrogens with one attached hydrogen (secondary N) is 1. The lowest BCUT2D eigenvalue weighted by Gasteiger charge is -2.11. The van der Waals surface area contributed by atoms with E-state index >= 15 is 0 Å². The number of para-hydroxylation sites is 1. The van der Waals surface area contributed by atoms with E-state index in [1.54, 1.807) is 25.3 Å². The Morgan fingerprint density at radius 3 is 2.87 bits per heavy atom. The predicted molar refractivity (Wildman–Crippen MR) is 93.2 cm³/mol. The number of aromatic nitrogens is 1. The molecule has 0 bridgehead atoms. The molecule has 0 spiro atoms. The van der Waals surface area contributed by atoms with E-state index in [9.17, 15) is 4.79 Å². The van der Waals surface area contributed by atoms with Crippen LogP contribution in [0.1, 0.15) is 6.42 Å². The molecule has 1 heterocycles. The molecule has 5 heteroatoms. The van der Waals surface area contributed by atoms with Crippen LogP contribution in [0.15, 0.2) is 54.7 Å². The fraction of sp³-hybridized carbons (Fsp3) is 0.167. The number of hydrogen-bond donors (Lipinski definition) is 1. The Hall–Kier alpha value is -2.46. The molecule has 0 saturated heterocycles. The van der Waals surface area contributed by atoms with Crippen LogP contribution in [0.2, 0.25) is 5.02 Å². The predicted octanol–water partition coefficient (Wildman–Crippen LogP) is 4.33. The molecule has 2 aromatic carbocycles. The number of carbonyl (C=O) groups excluding carboxylic acids is 1. The number of aryl methyl sites for hydroxylation is 1. The minimum atomic E-state index is -0.0802. The number of nitrogens with zero attached hydrogens (tertiary/aromatic N) is 1. The molecule has 3 rings (SSSR count). The van der Waals surface area contributed by atoms with Crippen LogP contribution in [-0.2, 0) is 11.3 Å². The third-order valence-corrected chi connectivity index (χ3v) is 3.93. The molecule has 0 fully saturated rings. The maximum atomic E-state index is 12.2. The lowest BCUT2D eigenvalue weighted by molar-refractivity contribution is -0.116. The monoisotopic (exact) mass is 328 g/mol. The Morgan fingerprint density at radius 2 is 2.04 bits per heavy atom. The highest BCUT2D eigenvalue weighted by atomic mass is 35.5. The summed E-state index contributed by atoms with van der Waals surface area (Å²) in [5.41, 5.74) is 1.71. The molecule has 23 heavy (non-hydrogen) atoms. The van der Waals surface area contributed by atoms with Crippen molar-refractivity contribution in [1.82, 2.24) is 4.57 Å². The second-order valence-electron chi connectivity index (χ2n) is 5.21. The number of halogens is 1. The fourth-order valence-corrected chi connectivity index (χ4v) is 2.72. The maximum Gasteiger partial charge on any atom is 0.226 e. The Balaban J connectivity index is 1.67. The number of carbonyl (C=O) groups is 1. The maximum absolute atomic E-state index is 12.2. The Kier molecular flexibility index (Phi) is 4.53. The van der Waals surface area contributed by atoms with Gasteiger partial charge in [0.1, 0.15) is 5.75 Å². The Labute approximate surface area is 139 Å². The molecule has 3 aromatic rings. The highest BCUT2D eigenvalue weighted by Gasteiger charge is 2.09. The van der Waals surface area contributed by atoms with Gasteiger partial charge in [0, 0.05) is 29.7 Å². The van der Waals surface area contributed by atoms with Crippen molar-refractivity contribution in [3.63, 3.8) is 0 Å². The van der Waals surface area contributed by atoms with Crippen molar-refractivity contribution in [2.24, 2.45) is 0 Å². The second-order valence-corrected chi connectivity index (χ2v) is 5.65. The summed E-state index contributed by atoms with van der Waals surface area (Å²) in [4.78, 5) is 12.2. The van der Waals surface area contributed by atoms with Gasteiger partial charge in [0.15, 0.2) is 0 Å². The van der Waals surface area contributed by atoms with Gasteiger partial charge in [-0.05, 0) is 35.7 Å². The first-order chi connectivity index (χ1) is 11.2. The summed E-state index contributed by atoms with van der Waals surface area (Å²) in [5.74, 6) is 0.512. The van der Waals surface area contributed by atoms with Crippen LogP contribution in [0.3, 0.4) is 0 Å². The highest BCUT2D eigenvalue weighted by molar-refractivity contribution is 6.31. The van der Waals surface area contributed by atoms with E-state index in [-0.39, 0.29) is 5.91 Å². The molecule has 1 N–H and O–H groups in total. The van der Waals surface area contributed by atoms with Crippen LogP contribution in [0.25, 0.3) is 10.9 Å². The third-order valence-electron chi connectivity index (χ3n) is 3.70. The van der Waals surface area contributed by atoms with Gasteiger partial charge < -0.3 is 14.6 Å². The van der Waals surface area contributed by atoms with Gasteiger partial charge in [-0.15, -0.1) is 0 Å². The molecule has 118 valence electrons. The van der Waals surface area contributed by atoms with Gasteiger partial charge in [-0.1, -0.05) is 29.8 Å². The highest BCUT2D eigenvalue weighted by Crippen LogP contribution is 2.27. The molecule has 0 aliphatic heterocycles. The minimum absolute atomic E-state index is 0.0802. The molecule has 0 saturated carbocycles. The van der Waals surface area contributed by atoms with Crippen molar-refractivity contribution >= 4 is 34.1 Å². The smallest absolute Gasteiger partial charge is 0.226 e. The van der Waals surface area contributed by atoms with E-state index in [1.165, 1.54) is 5.39 Å².